The van der Waals surface area contributed by atoms with Gasteiger partial charge in [0.05, 0.1) is 6.61 Å². The third kappa shape index (κ3) is 6.28. The first kappa shape index (κ1) is 21.3. The molecule has 0 aliphatic carbocycles. The van der Waals surface area contributed by atoms with Crippen LogP contribution in [0.25, 0.3) is 0 Å². The van der Waals surface area contributed by atoms with Gasteiger partial charge in [0, 0.05) is 51.1 Å². The van der Waals surface area contributed by atoms with E-state index in [0.717, 1.165) is 76.8 Å². The van der Waals surface area contributed by atoms with Crippen LogP contribution in [0, 0.1) is 0 Å². The predicted octanol–water partition coefficient (Wildman–Crippen LogP) is 2.25. The van der Waals surface area contributed by atoms with Gasteiger partial charge in [0.1, 0.15) is 24.3 Å². The highest BCUT2D eigenvalue weighted by molar-refractivity contribution is 5.27. The Morgan fingerprint density at radius 3 is 2.70 bits per heavy atom. The second kappa shape index (κ2) is 10.9. The minimum Gasteiger partial charge on any atom is -0.491 e. The summed E-state index contributed by atoms with van der Waals surface area (Å²) in [4.78, 5) is 12.4. The van der Waals surface area contributed by atoms with E-state index in [-0.39, 0.29) is 0 Å². The number of nitrogens with zero attached hydrogens (tertiary/aromatic N) is 3. The van der Waals surface area contributed by atoms with Crippen molar-refractivity contribution in [1.82, 2.24) is 19.8 Å². The van der Waals surface area contributed by atoms with E-state index < -0.39 is 6.10 Å². The first-order valence-electron chi connectivity index (χ1n) is 11.2. The van der Waals surface area contributed by atoms with Crippen LogP contribution in [0.5, 0.6) is 5.75 Å². The molecular weight excluding hydrogens is 380 g/mol. The van der Waals surface area contributed by atoms with E-state index in [0.29, 0.717) is 19.1 Å². The van der Waals surface area contributed by atoms with E-state index in [2.05, 4.69) is 31.9 Å². The lowest BCUT2D eigenvalue weighted by Crippen LogP contribution is -2.40. The lowest BCUT2D eigenvalue weighted by Gasteiger charge is -2.32. The molecule has 2 aliphatic heterocycles. The molecule has 1 atom stereocenters. The molecule has 0 amide bonds. The standard InChI is InChI=1S/C23H34N4O3/c28-21(17-27-11-6-20(7-12-27)23-24-8-9-25-23)18-30-22-4-2-19(3-5-22)16-26-10-1-14-29-15-13-26/h2-5,8-9,20-21,28H,1,6-7,10-18H2,(H,24,25). The zero-order valence-corrected chi connectivity index (χ0v) is 17.7. The van der Waals surface area contributed by atoms with Crippen LogP contribution >= 0.6 is 0 Å². The van der Waals surface area contributed by atoms with Crippen LogP contribution in [-0.4, -0.2) is 83.5 Å². The summed E-state index contributed by atoms with van der Waals surface area (Å²) in [5, 5.41) is 10.4. The van der Waals surface area contributed by atoms with Gasteiger partial charge < -0.3 is 24.5 Å². The molecule has 164 valence electrons. The van der Waals surface area contributed by atoms with Crippen LogP contribution in [-0.2, 0) is 11.3 Å². The molecule has 1 aromatic heterocycles. The van der Waals surface area contributed by atoms with Crippen molar-refractivity contribution >= 4 is 0 Å². The molecule has 0 radical (unpaired) electrons. The number of likely N-dealkylation sites (tertiary alicyclic amines) is 1. The van der Waals surface area contributed by atoms with Crippen molar-refractivity contribution in [1.29, 1.82) is 0 Å². The molecule has 7 heteroatoms. The number of aromatic nitrogens is 2. The normalized spacial score (nSPS) is 20.7. The van der Waals surface area contributed by atoms with Crippen molar-refractivity contribution in [2.75, 3.05) is 52.5 Å². The number of ether oxygens (including phenoxy) is 2. The molecule has 3 heterocycles. The summed E-state index contributed by atoms with van der Waals surface area (Å²) in [7, 11) is 0. The van der Waals surface area contributed by atoms with Gasteiger partial charge in [-0.3, -0.25) is 4.90 Å². The molecule has 1 unspecified atom stereocenters. The fourth-order valence-electron chi connectivity index (χ4n) is 4.34. The largest absolute Gasteiger partial charge is 0.491 e. The Labute approximate surface area is 179 Å². The summed E-state index contributed by atoms with van der Waals surface area (Å²) < 4.78 is 11.3. The van der Waals surface area contributed by atoms with Gasteiger partial charge in [0.2, 0.25) is 0 Å². The van der Waals surface area contributed by atoms with E-state index in [1.54, 1.807) is 0 Å². The van der Waals surface area contributed by atoms with E-state index in [4.69, 9.17) is 9.47 Å². The van der Waals surface area contributed by atoms with Crippen molar-refractivity contribution in [3.05, 3.63) is 48.0 Å². The van der Waals surface area contributed by atoms with Gasteiger partial charge in [-0.05, 0) is 50.0 Å². The molecule has 0 saturated carbocycles. The number of aliphatic hydroxyl groups excluding tert-OH is 1. The SMILES string of the molecule is OC(COc1ccc(CN2CCCOCC2)cc1)CN1CCC(c2ncc[nH]2)CC1. The number of benzene rings is 1. The molecule has 0 bridgehead atoms. The minimum absolute atomic E-state index is 0.320. The van der Waals surface area contributed by atoms with Crippen LogP contribution in [0.4, 0.5) is 0 Å². The second-order valence-electron chi connectivity index (χ2n) is 8.40. The van der Waals surface area contributed by atoms with E-state index >= 15 is 0 Å². The van der Waals surface area contributed by atoms with Gasteiger partial charge in [0.15, 0.2) is 0 Å². The van der Waals surface area contributed by atoms with Crippen LogP contribution in [0.15, 0.2) is 36.7 Å². The lowest BCUT2D eigenvalue weighted by atomic mass is 9.96. The quantitative estimate of drug-likeness (QED) is 0.690. The Balaban J connectivity index is 1.15. The molecule has 1 aromatic carbocycles. The topological polar surface area (TPSA) is 73.9 Å². The molecule has 2 N–H and O–H groups in total. The number of aliphatic hydroxyl groups is 1. The maximum Gasteiger partial charge on any atom is 0.119 e. The Kier molecular flexibility index (Phi) is 7.75. The highest BCUT2D eigenvalue weighted by Crippen LogP contribution is 2.25. The smallest absolute Gasteiger partial charge is 0.119 e. The van der Waals surface area contributed by atoms with Crippen LogP contribution < -0.4 is 4.74 Å². The lowest BCUT2D eigenvalue weighted by molar-refractivity contribution is 0.0591. The Bertz CT molecular complexity index is 721. The number of aromatic amines is 1. The zero-order chi connectivity index (χ0) is 20.6. The Morgan fingerprint density at radius 1 is 1.10 bits per heavy atom. The summed E-state index contributed by atoms with van der Waals surface area (Å²) in [5.41, 5.74) is 1.28. The third-order valence-corrected chi connectivity index (χ3v) is 6.05. The highest BCUT2D eigenvalue weighted by Gasteiger charge is 2.23. The van der Waals surface area contributed by atoms with Crippen molar-refractivity contribution in [3.8, 4) is 5.75 Å². The maximum atomic E-state index is 10.4. The number of piperidine rings is 1. The van der Waals surface area contributed by atoms with Crippen molar-refractivity contribution in [2.45, 2.75) is 37.8 Å². The molecule has 2 aromatic rings. The third-order valence-electron chi connectivity index (χ3n) is 6.05. The van der Waals surface area contributed by atoms with Crippen LogP contribution in [0.3, 0.4) is 0 Å². The number of hydrogen-bond donors (Lipinski definition) is 2. The van der Waals surface area contributed by atoms with Crippen molar-refractivity contribution in [2.24, 2.45) is 0 Å². The molecular formula is C23H34N4O3. The van der Waals surface area contributed by atoms with Gasteiger partial charge >= 0.3 is 0 Å². The number of nitrogens with one attached hydrogen (secondary N) is 1. The first-order valence-corrected chi connectivity index (χ1v) is 11.2. The molecule has 2 aliphatic rings. The number of hydrogen-bond acceptors (Lipinski definition) is 6. The Morgan fingerprint density at radius 2 is 1.93 bits per heavy atom. The molecule has 30 heavy (non-hydrogen) atoms. The molecule has 2 saturated heterocycles. The van der Waals surface area contributed by atoms with Gasteiger partial charge in [-0.15, -0.1) is 0 Å². The maximum absolute atomic E-state index is 10.4. The summed E-state index contributed by atoms with van der Waals surface area (Å²) in [6, 6.07) is 8.25. The molecule has 7 nitrogen and oxygen atoms in total. The fourth-order valence-corrected chi connectivity index (χ4v) is 4.34. The zero-order valence-electron chi connectivity index (χ0n) is 17.7. The monoisotopic (exact) mass is 414 g/mol. The van der Waals surface area contributed by atoms with E-state index in [1.807, 2.05) is 24.5 Å². The van der Waals surface area contributed by atoms with E-state index in [9.17, 15) is 5.11 Å². The summed E-state index contributed by atoms with van der Waals surface area (Å²) >= 11 is 0. The Hall–Kier alpha value is -1.93. The van der Waals surface area contributed by atoms with Crippen molar-refractivity contribution in [3.63, 3.8) is 0 Å². The first-order chi connectivity index (χ1) is 14.8. The van der Waals surface area contributed by atoms with Crippen LogP contribution in [0.2, 0.25) is 0 Å². The molecule has 2 fully saturated rings. The molecule has 4 rings (SSSR count). The summed E-state index contributed by atoms with van der Waals surface area (Å²) in [6.07, 6.45) is 6.47. The van der Waals surface area contributed by atoms with Crippen LogP contribution in [0.1, 0.15) is 36.6 Å². The van der Waals surface area contributed by atoms with Gasteiger partial charge in [0.25, 0.3) is 0 Å². The number of rotatable bonds is 8. The number of H-pyrrole nitrogens is 1. The average Bonchev–Trinajstić information content (AvgIpc) is 3.19. The fraction of sp³-hybridized carbons (Fsp3) is 0.609. The van der Waals surface area contributed by atoms with Crippen molar-refractivity contribution < 1.29 is 14.6 Å². The second-order valence-corrected chi connectivity index (χ2v) is 8.40. The van der Waals surface area contributed by atoms with Gasteiger partial charge in [-0.1, -0.05) is 12.1 Å². The average molecular weight is 415 g/mol. The minimum atomic E-state index is -0.484. The number of imidazole rings is 1. The van der Waals surface area contributed by atoms with Gasteiger partial charge in [-0.25, -0.2) is 4.98 Å². The van der Waals surface area contributed by atoms with Gasteiger partial charge in [-0.2, -0.15) is 0 Å². The predicted molar refractivity (Wildman–Crippen MR) is 116 cm³/mol. The van der Waals surface area contributed by atoms with E-state index in [1.165, 1.54) is 5.56 Å². The highest BCUT2D eigenvalue weighted by atomic mass is 16.5. The molecule has 0 spiro atoms. The summed E-state index contributed by atoms with van der Waals surface area (Å²) in [5.74, 6) is 2.41. The summed E-state index contributed by atoms with van der Waals surface area (Å²) in [6.45, 7) is 7.65. The number of β-amino-alcohol motifs (C(OH)–C–C–N with tert-alkyl or cyclic N) is 1.